The Morgan fingerprint density at radius 1 is 1.20 bits per heavy atom. The zero-order chi connectivity index (χ0) is 11.3. The number of benzene rings is 1. The molecule has 0 aliphatic carbocycles. The van der Waals surface area contributed by atoms with Crippen molar-refractivity contribution in [3.8, 4) is 0 Å². The van der Waals surface area contributed by atoms with Crippen LogP contribution in [0.4, 0.5) is 0 Å². The van der Waals surface area contributed by atoms with E-state index in [0.717, 1.165) is 11.4 Å². The van der Waals surface area contributed by atoms with Crippen molar-refractivity contribution in [2.24, 2.45) is 5.92 Å². The highest BCUT2D eigenvalue weighted by Crippen LogP contribution is 2.21. The van der Waals surface area contributed by atoms with Gasteiger partial charge >= 0.3 is 0 Å². The van der Waals surface area contributed by atoms with Crippen molar-refractivity contribution in [2.45, 2.75) is 38.5 Å². The van der Waals surface area contributed by atoms with Crippen LogP contribution in [0, 0.1) is 5.92 Å². The van der Waals surface area contributed by atoms with Crippen LogP contribution < -0.4 is 0 Å². The molecule has 0 radical (unpaired) electrons. The third-order valence-electron chi connectivity index (χ3n) is 2.71. The van der Waals surface area contributed by atoms with E-state index < -0.39 is 0 Å². The van der Waals surface area contributed by atoms with Gasteiger partial charge in [0.2, 0.25) is 0 Å². The standard InChI is InChI=1S/C13H18Cl2/c1-3-4-10(2)13(15)9-11-5-7-12(14)8-6-11/h5-8,10,13H,3-4,9H2,1-2H3. The van der Waals surface area contributed by atoms with Gasteiger partial charge in [0.1, 0.15) is 0 Å². The van der Waals surface area contributed by atoms with Gasteiger partial charge in [-0.15, -0.1) is 11.6 Å². The summed E-state index contributed by atoms with van der Waals surface area (Å²) in [5.41, 5.74) is 1.27. The maximum Gasteiger partial charge on any atom is 0.0406 e. The fourth-order valence-corrected chi connectivity index (χ4v) is 2.11. The molecule has 0 spiro atoms. The first-order chi connectivity index (χ1) is 7.13. The quantitative estimate of drug-likeness (QED) is 0.645. The van der Waals surface area contributed by atoms with Crippen LogP contribution in [0.1, 0.15) is 32.3 Å². The van der Waals surface area contributed by atoms with Crippen molar-refractivity contribution in [3.05, 3.63) is 34.9 Å². The van der Waals surface area contributed by atoms with Crippen molar-refractivity contribution in [1.82, 2.24) is 0 Å². The van der Waals surface area contributed by atoms with Gasteiger partial charge in [-0.25, -0.2) is 0 Å². The third kappa shape index (κ3) is 4.44. The molecule has 2 atom stereocenters. The Hall–Kier alpha value is -0.200. The van der Waals surface area contributed by atoms with Gasteiger partial charge in [0.25, 0.3) is 0 Å². The zero-order valence-electron chi connectivity index (χ0n) is 9.34. The number of rotatable bonds is 5. The summed E-state index contributed by atoms with van der Waals surface area (Å²) in [5, 5.41) is 1.01. The van der Waals surface area contributed by atoms with E-state index >= 15 is 0 Å². The molecule has 0 aliphatic heterocycles. The van der Waals surface area contributed by atoms with Crippen LogP contribution in [-0.4, -0.2) is 5.38 Å². The van der Waals surface area contributed by atoms with Crippen molar-refractivity contribution < 1.29 is 0 Å². The number of hydrogen-bond acceptors (Lipinski definition) is 0. The van der Waals surface area contributed by atoms with Crippen LogP contribution in [0.5, 0.6) is 0 Å². The average Bonchev–Trinajstić information content (AvgIpc) is 2.22. The van der Waals surface area contributed by atoms with Crippen LogP contribution >= 0.6 is 23.2 Å². The molecule has 0 saturated heterocycles. The van der Waals surface area contributed by atoms with Gasteiger partial charge in [-0.1, -0.05) is 44.0 Å². The van der Waals surface area contributed by atoms with Gasteiger partial charge in [0.05, 0.1) is 0 Å². The van der Waals surface area contributed by atoms with Crippen LogP contribution in [0.15, 0.2) is 24.3 Å². The molecule has 1 aromatic carbocycles. The Morgan fingerprint density at radius 3 is 2.33 bits per heavy atom. The van der Waals surface area contributed by atoms with Crippen LogP contribution in [0.3, 0.4) is 0 Å². The molecule has 2 heteroatoms. The highest BCUT2D eigenvalue weighted by Gasteiger charge is 2.13. The Labute approximate surface area is 103 Å². The second-order valence-corrected chi connectivity index (χ2v) is 5.11. The molecule has 0 amide bonds. The summed E-state index contributed by atoms with van der Waals surface area (Å²) in [6.07, 6.45) is 3.33. The largest absolute Gasteiger partial charge is 0.122 e. The van der Waals surface area contributed by atoms with Crippen LogP contribution in [-0.2, 0) is 6.42 Å². The second kappa shape index (κ2) is 6.40. The average molecular weight is 245 g/mol. The first-order valence-corrected chi connectivity index (χ1v) is 6.33. The summed E-state index contributed by atoms with van der Waals surface area (Å²) >= 11 is 12.2. The van der Waals surface area contributed by atoms with Gasteiger partial charge in [-0.05, 0) is 36.5 Å². The molecule has 15 heavy (non-hydrogen) atoms. The van der Waals surface area contributed by atoms with E-state index in [-0.39, 0.29) is 5.38 Å². The molecule has 0 saturated carbocycles. The fourth-order valence-electron chi connectivity index (χ4n) is 1.68. The lowest BCUT2D eigenvalue weighted by Crippen LogP contribution is -2.14. The van der Waals surface area contributed by atoms with Crippen LogP contribution in [0.25, 0.3) is 0 Å². The summed E-state index contributed by atoms with van der Waals surface area (Å²) < 4.78 is 0. The first-order valence-electron chi connectivity index (χ1n) is 5.52. The predicted octanol–water partition coefficient (Wildman–Crippen LogP) is 4.93. The summed E-state index contributed by atoms with van der Waals surface area (Å²) in [4.78, 5) is 0. The van der Waals surface area contributed by atoms with E-state index in [0.29, 0.717) is 5.92 Å². The highest BCUT2D eigenvalue weighted by atomic mass is 35.5. The van der Waals surface area contributed by atoms with E-state index in [4.69, 9.17) is 23.2 Å². The minimum absolute atomic E-state index is 0.228. The smallest absolute Gasteiger partial charge is 0.0406 e. The Bertz CT molecular complexity index is 279. The van der Waals surface area contributed by atoms with Gasteiger partial charge in [-0.3, -0.25) is 0 Å². The minimum atomic E-state index is 0.228. The lowest BCUT2D eigenvalue weighted by molar-refractivity contribution is 0.494. The zero-order valence-corrected chi connectivity index (χ0v) is 10.9. The molecule has 0 aliphatic rings. The normalized spacial score (nSPS) is 14.9. The van der Waals surface area contributed by atoms with E-state index in [1.807, 2.05) is 12.1 Å². The lowest BCUT2D eigenvalue weighted by atomic mass is 9.97. The monoisotopic (exact) mass is 244 g/mol. The molecule has 0 aromatic heterocycles. The van der Waals surface area contributed by atoms with E-state index in [1.165, 1.54) is 18.4 Å². The molecule has 0 N–H and O–H groups in total. The van der Waals surface area contributed by atoms with Crippen molar-refractivity contribution in [2.75, 3.05) is 0 Å². The Balaban J connectivity index is 2.50. The Morgan fingerprint density at radius 2 is 1.80 bits per heavy atom. The lowest BCUT2D eigenvalue weighted by Gasteiger charge is -2.17. The molecular weight excluding hydrogens is 227 g/mol. The predicted molar refractivity (Wildman–Crippen MR) is 68.9 cm³/mol. The summed E-state index contributed by atoms with van der Waals surface area (Å²) in [6.45, 7) is 4.42. The number of alkyl halides is 1. The number of hydrogen-bond donors (Lipinski definition) is 0. The molecule has 0 heterocycles. The molecule has 0 nitrogen and oxygen atoms in total. The third-order valence-corrected chi connectivity index (χ3v) is 3.54. The van der Waals surface area contributed by atoms with Gasteiger partial charge < -0.3 is 0 Å². The maximum atomic E-state index is 6.35. The van der Waals surface area contributed by atoms with Crippen molar-refractivity contribution >= 4 is 23.2 Å². The van der Waals surface area contributed by atoms with Gasteiger partial charge in [0.15, 0.2) is 0 Å². The molecule has 0 bridgehead atoms. The summed E-state index contributed by atoms with van der Waals surface area (Å²) in [5.74, 6) is 0.576. The van der Waals surface area contributed by atoms with E-state index in [1.54, 1.807) is 0 Å². The van der Waals surface area contributed by atoms with Crippen LogP contribution in [0.2, 0.25) is 5.02 Å². The maximum absolute atomic E-state index is 6.35. The Kier molecular flexibility index (Phi) is 5.49. The summed E-state index contributed by atoms with van der Waals surface area (Å²) in [7, 11) is 0. The molecule has 0 fully saturated rings. The number of halogens is 2. The molecular formula is C13H18Cl2. The van der Waals surface area contributed by atoms with Crippen molar-refractivity contribution in [3.63, 3.8) is 0 Å². The second-order valence-electron chi connectivity index (χ2n) is 4.11. The fraction of sp³-hybridized carbons (Fsp3) is 0.538. The molecule has 2 unspecified atom stereocenters. The molecule has 84 valence electrons. The first kappa shape index (κ1) is 12.9. The van der Waals surface area contributed by atoms with Gasteiger partial charge in [0, 0.05) is 10.4 Å². The van der Waals surface area contributed by atoms with E-state index in [9.17, 15) is 0 Å². The topological polar surface area (TPSA) is 0 Å². The molecule has 1 rings (SSSR count). The molecule has 1 aromatic rings. The van der Waals surface area contributed by atoms with E-state index in [2.05, 4.69) is 26.0 Å². The minimum Gasteiger partial charge on any atom is -0.122 e. The van der Waals surface area contributed by atoms with Crippen molar-refractivity contribution in [1.29, 1.82) is 0 Å². The SMILES string of the molecule is CCCC(C)C(Cl)Cc1ccc(Cl)cc1. The highest BCUT2D eigenvalue weighted by molar-refractivity contribution is 6.30. The van der Waals surface area contributed by atoms with Gasteiger partial charge in [-0.2, -0.15) is 0 Å². The summed E-state index contributed by atoms with van der Waals surface area (Å²) in [6, 6.07) is 7.95.